The second kappa shape index (κ2) is 8.08. The van der Waals surface area contributed by atoms with Gasteiger partial charge in [-0.05, 0) is 38.1 Å². The van der Waals surface area contributed by atoms with E-state index in [1.165, 1.54) is 0 Å². The number of imidazole rings is 1. The number of H-pyrrole nitrogens is 2. The van der Waals surface area contributed by atoms with Gasteiger partial charge in [0.2, 0.25) is 0 Å². The molecule has 0 saturated heterocycles. The topological polar surface area (TPSA) is 108 Å². The van der Waals surface area contributed by atoms with Gasteiger partial charge in [0.1, 0.15) is 5.69 Å². The van der Waals surface area contributed by atoms with Gasteiger partial charge in [0, 0.05) is 52.9 Å². The summed E-state index contributed by atoms with van der Waals surface area (Å²) in [6.45, 7) is 4.20. The van der Waals surface area contributed by atoms with Crippen molar-refractivity contribution in [3.8, 4) is 33.9 Å². The van der Waals surface area contributed by atoms with Gasteiger partial charge in [0.05, 0.1) is 34.1 Å². The third-order valence-electron chi connectivity index (χ3n) is 5.65. The average molecular weight is 447 g/mol. The Bertz CT molecular complexity index is 1610. The summed E-state index contributed by atoms with van der Waals surface area (Å²) in [5.41, 5.74) is 8.17. The van der Waals surface area contributed by atoms with Crippen LogP contribution < -0.4 is 5.32 Å². The van der Waals surface area contributed by atoms with E-state index in [1.807, 2.05) is 48.9 Å². The van der Waals surface area contributed by atoms with Gasteiger partial charge < -0.3 is 10.3 Å². The smallest absolute Gasteiger partial charge is 0.159 e. The fourth-order valence-electron chi connectivity index (χ4n) is 4.15. The number of anilines is 1. The molecule has 8 nitrogen and oxygen atoms in total. The van der Waals surface area contributed by atoms with Crippen LogP contribution >= 0.6 is 0 Å². The standard InChI is InChI=1S/C26H22N8/c1-15(2)30-18-9-17(12-28-13-18)22-10-20-23(14-29-22)33-34-25(20)26-31-21-7-3-6-19(24(21)32-26)16-5-4-8-27-11-16/h3-15,30H,1-2H3,(H,31,32)(H,33,34). The molecular formula is C26H22N8. The average Bonchev–Trinajstić information content (AvgIpc) is 3.48. The molecule has 3 N–H and O–H groups in total. The van der Waals surface area contributed by atoms with E-state index in [2.05, 4.69) is 61.4 Å². The molecule has 6 aromatic rings. The van der Waals surface area contributed by atoms with E-state index in [0.29, 0.717) is 11.9 Å². The number of nitrogens with one attached hydrogen (secondary N) is 3. The van der Waals surface area contributed by atoms with Crippen LogP contribution in [-0.2, 0) is 0 Å². The molecule has 166 valence electrons. The number of benzene rings is 1. The number of nitrogens with zero attached hydrogens (tertiary/aromatic N) is 5. The molecule has 8 heteroatoms. The first-order valence-electron chi connectivity index (χ1n) is 11.1. The highest BCUT2D eigenvalue weighted by Crippen LogP contribution is 2.32. The predicted molar refractivity (Wildman–Crippen MR) is 134 cm³/mol. The van der Waals surface area contributed by atoms with E-state index >= 15 is 0 Å². The third-order valence-corrected chi connectivity index (χ3v) is 5.65. The first-order valence-corrected chi connectivity index (χ1v) is 11.1. The summed E-state index contributed by atoms with van der Waals surface area (Å²) in [6.07, 6.45) is 9.06. The van der Waals surface area contributed by atoms with E-state index in [-0.39, 0.29) is 0 Å². The Morgan fingerprint density at radius 2 is 1.79 bits per heavy atom. The number of rotatable bonds is 5. The summed E-state index contributed by atoms with van der Waals surface area (Å²) in [5.74, 6) is 0.697. The normalized spacial score (nSPS) is 11.5. The maximum absolute atomic E-state index is 4.92. The van der Waals surface area contributed by atoms with E-state index in [1.54, 1.807) is 12.4 Å². The van der Waals surface area contributed by atoms with Gasteiger partial charge in [-0.25, -0.2) is 4.98 Å². The summed E-state index contributed by atoms with van der Waals surface area (Å²) in [4.78, 5) is 21.6. The molecule has 0 atom stereocenters. The van der Waals surface area contributed by atoms with Gasteiger partial charge in [0.25, 0.3) is 0 Å². The van der Waals surface area contributed by atoms with Crippen molar-refractivity contribution in [1.29, 1.82) is 0 Å². The van der Waals surface area contributed by atoms with Crippen LogP contribution in [0.5, 0.6) is 0 Å². The lowest BCUT2D eigenvalue weighted by atomic mass is 10.1. The molecule has 0 fully saturated rings. The van der Waals surface area contributed by atoms with Crippen molar-refractivity contribution >= 4 is 27.6 Å². The van der Waals surface area contributed by atoms with Gasteiger partial charge in [-0.2, -0.15) is 5.10 Å². The van der Waals surface area contributed by atoms with Crippen LogP contribution in [0, 0.1) is 0 Å². The molecule has 0 aliphatic carbocycles. The number of hydrogen-bond donors (Lipinski definition) is 3. The zero-order chi connectivity index (χ0) is 23.1. The fourth-order valence-corrected chi connectivity index (χ4v) is 4.15. The summed E-state index contributed by atoms with van der Waals surface area (Å²) in [7, 11) is 0. The van der Waals surface area contributed by atoms with Crippen LogP contribution in [-0.4, -0.2) is 41.2 Å². The van der Waals surface area contributed by atoms with E-state index in [9.17, 15) is 0 Å². The highest BCUT2D eigenvalue weighted by Gasteiger charge is 2.16. The fraction of sp³-hybridized carbons (Fsp3) is 0.115. The lowest BCUT2D eigenvalue weighted by molar-refractivity contribution is 0.898. The van der Waals surface area contributed by atoms with Gasteiger partial charge >= 0.3 is 0 Å². The lowest BCUT2D eigenvalue weighted by Gasteiger charge is -2.10. The number of hydrogen-bond acceptors (Lipinski definition) is 6. The Labute approximate surface area is 195 Å². The lowest BCUT2D eigenvalue weighted by Crippen LogP contribution is -2.09. The minimum absolute atomic E-state index is 0.317. The second-order valence-electron chi connectivity index (χ2n) is 8.48. The minimum atomic E-state index is 0.317. The van der Waals surface area contributed by atoms with Crippen molar-refractivity contribution in [3.63, 3.8) is 0 Å². The summed E-state index contributed by atoms with van der Waals surface area (Å²) in [5, 5.41) is 12.0. The van der Waals surface area contributed by atoms with Crippen LogP contribution in [0.25, 0.3) is 55.8 Å². The number of aromatic amines is 2. The first-order chi connectivity index (χ1) is 16.7. The van der Waals surface area contributed by atoms with Gasteiger partial charge in [-0.3, -0.25) is 20.1 Å². The molecule has 0 aliphatic heterocycles. The summed E-state index contributed by atoms with van der Waals surface area (Å²) in [6, 6.07) is 14.5. The minimum Gasteiger partial charge on any atom is -0.382 e. The van der Waals surface area contributed by atoms with Gasteiger partial charge in [-0.15, -0.1) is 0 Å². The molecule has 0 unspecified atom stereocenters. The van der Waals surface area contributed by atoms with E-state index < -0.39 is 0 Å². The van der Waals surface area contributed by atoms with E-state index in [0.717, 1.165) is 55.7 Å². The molecule has 34 heavy (non-hydrogen) atoms. The van der Waals surface area contributed by atoms with Crippen LogP contribution in [0.3, 0.4) is 0 Å². The Morgan fingerprint density at radius 1 is 0.882 bits per heavy atom. The Hall–Kier alpha value is -4.59. The number of pyridine rings is 3. The van der Waals surface area contributed by atoms with Crippen molar-refractivity contribution in [2.24, 2.45) is 0 Å². The molecule has 5 aromatic heterocycles. The van der Waals surface area contributed by atoms with Crippen molar-refractivity contribution in [3.05, 3.63) is 73.4 Å². The Morgan fingerprint density at radius 3 is 2.65 bits per heavy atom. The monoisotopic (exact) mass is 446 g/mol. The van der Waals surface area contributed by atoms with Crippen LogP contribution in [0.2, 0.25) is 0 Å². The molecule has 0 bridgehead atoms. The number of para-hydroxylation sites is 1. The van der Waals surface area contributed by atoms with Crippen LogP contribution in [0.4, 0.5) is 5.69 Å². The molecule has 0 aliphatic rings. The summed E-state index contributed by atoms with van der Waals surface area (Å²) >= 11 is 0. The Kier molecular flexibility index (Phi) is 4.76. The predicted octanol–water partition coefficient (Wildman–Crippen LogP) is 5.45. The van der Waals surface area contributed by atoms with Crippen molar-refractivity contribution in [2.45, 2.75) is 19.9 Å². The number of fused-ring (bicyclic) bond motifs is 2. The van der Waals surface area contributed by atoms with E-state index in [4.69, 9.17) is 4.98 Å². The van der Waals surface area contributed by atoms with Crippen LogP contribution in [0.15, 0.2) is 73.4 Å². The Balaban J connectivity index is 1.45. The molecule has 0 saturated carbocycles. The maximum atomic E-state index is 4.92. The highest BCUT2D eigenvalue weighted by molar-refractivity contribution is 5.97. The van der Waals surface area contributed by atoms with Crippen molar-refractivity contribution in [1.82, 2.24) is 35.1 Å². The van der Waals surface area contributed by atoms with Gasteiger partial charge in [0.15, 0.2) is 5.82 Å². The largest absolute Gasteiger partial charge is 0.382 e. The molecular weight excluding hydrogens is 424 g/mol. The first kappa shape index (κ1) is 20.0. The van der Waals surface area contributed by atoms with Crippen LogP contribution in [0.1, 0.15) is 13.8 Å². The quantitative estimate of drug-likeness (QED) is 0.325. The SMILES string of the molecule is CC(C)Nc1cncc(-c2cc3c(-c4nc5c(-c6cccnc6)cccc5[nH]4)n[nH]c3cn2)c1. The maximum Gasteiger partial charge on any atom is 0.159 e. The molecule has 0 amide bonds. The zero-order valence-corrected chi connectivity index (χ0v) is 18.7. The second-order valence-corrected chi connectivity index (χ2v) is 8.48. The molecule has 6 rings (SSSR count). The number of aromatic nitrogens is 7. The highest BCUT2D eigenvalue weighted by atomic mass is 15.1. The molecule has 0 spiro atoms. The molecule has 0 radical (unpaired) electrons. The third kappa shape index (κ3) is 3.55. The molecule has 5 heterocycles. The molecule has 1 aromatic carbocycles. The van der Waals surface area contributed by atoms with Crippen molar-refractivity contribution in [2.75, 3.05) is 5.32 Å². The van der Waals surface area contributed by atoms with Crippen molar-refractivity contribution < 1.29 is 0 Å². The van der Waals surface area contributed by atoms with Gasteiger partial charge in [-0.1, -0.05) is 18.2 Å². The summed E-state index contributed by atoms with van der Waals surface area (Å²) < 4.78 is 0. The zero-order valence-electron chi connectivity index (χ0n) is 18.7.